The fraction of sp³-hybridized carbons (Fsp3) is 0.0909. The van der Waals surface area contributed by atoms with E-state index in [0.717, 1.165) is 16.9 Å². The van der Waals surface area contributed by atoms with Gasteiger partial charge in [-0.2, -0.15) is 0 Å². The molecule has 76 valence electrons. The second-order valence-electron chi connectivity index (χ2n) is 3.34. The molecule has 4 heteroatoms. The van der Waals surface area contributed by atoms with Crippen molar-refractivity contribution in [2.45, 2.75) is 6.92 Å². The molecule has 0 bridgehead atoms. The molecule has 0 fully saturated rings. The van der Waals surface area contributed by atoms with Gasteiger partial charge < -0.3 is 10.1 Å². The van der Waals surface area contributed by atoms with E-state index < -0.39 is 5.97 Å². The van der Waals surface area contributed by atoms with E-state index in [9.17, 15) is 4.79 Å². The first-order valence-electron chi connectivity index (χ1n) is 4.47. The Morgan fingerprint density at radius 3 is 2.93 bits per heavy atom. The zero-order valence-corrected chi connectivity index (χ0v) is 8.24. The maximum Gasteiger partial charge on any atom is 0.335 e. The highest BCUT2D eigenvalue weighted by molar-refractivity contribution is 6.15. The summed E-state index contributed by atoms with van der Waals surface area (Å²) in [6, 6.07) is 5.23. The molecule has 0 spiro atoms. The molecule has 2 aromatic rings. The number of benzene rings is 1. The van der Waals surface area contributed by atoms with Crippen LogP contribution in [0.2, 0.25) is 0 Å². The Labute approximate surface area is 86.3 Å². The number of fused-ring (bicyclic) bond motifs is 1. The molecule has 15 heavy (non-hydrogen) atoms. The number of rotatable bonds is 2. The van der Waals surface area contributed by atoms with Crippen LogP contribution in [-0.4, -0.2) is 21.0 Å². The van der Waals surface area contributed by atoms with Crippen LogP contribution in [0, 0.1) is 6.92 Å². The molecule has 2 N–H and O–H groups in total. The van der Waals surface area contributed by atoms with Crippen LogP contribution in [0.25, 0.3) is 16.6 Å². The quantitative estimate of drug-likeness (QED) is 0.731. The van der Waals surface area contributed by atoms with Gasteiger partial charge in [-0.25, -0.2) is 9.78 Å². The van der Waals surface area contributed by atoms with Crippen LogP contribution in [0.15, 0.2) is 24.8 Å². The number of nitrogens with zero attached hydrogens (tertiary/aromatic N) is 1. The summed E-state index contributed by atoms with van der Waals surface area (Å²) in [6.07, 6.45) is 0. The van der Waals surface area contributed by atoms with E-state index >= 15 is 0 Å². The molecule has 0 atom stereocenters. The van der Waals surface area contributed by atoms with Gasteiger partial charge >= 0.3 is 5.97 Å². The molecule has 0 saturated heterocycles. The SMILES string of the molecule is C=C(C(=O)O)c1ccc2nc(C)[nH]c2c1. The van der Waals surface area contributed by atoms with Crippen molar-refractivity contribution in [2.24, 2.45) is 0 Å². The summed E-state index contributed by atoms with van der Waals surface area (Å²) in [4.78, 5) is 18.0. The van der Waals surface area contributed by atoms with Gasteiger partial charge in [0, 0.05) is 0 Å². The van der Waals surface area contributed by atoms with E-state index in [1.54, 1.807) is 18.2 Å². The van der Waals surface area contributed by atoms with E-state index in [-0.39, 0.29) is 5.57 Å². The lowest BCUT2D eigenvalue weighted by molar-refractivity contribution is -0.130. The van der Waals surface area contributed by atoms with Crippen LogP contribution in [0.4, 0.5) is 0 Å². The number of carbonyl (C=O) groups is 1. The molecule has 0 unspecified atom stereocenters. The van der Waals surface area contributed by atoms with E-state index in [4.69, 9.17) is 5.11 Å². The molecular formula is C11H10N2O2. The fourth-order valence-corrected chi connectivity index (χ4v) is 1.45. The van der Waals surface area contributed by atoms with E-state index in [1.807, 2.05) is 6.92 Å². The van der Waals surface area contributed by atoms with Gasteiger partial charge in [-0.05, 0) is 24.6 Å². The molecule has 1 aromatic carbocycles. The Morgan fingerprint density at radius 1 is 1.53 bits per heavy atom. The first-order valence-corrected chi connectivity index (χ1v) is 4.47. The number of aryl methyl sites for hydroxylation is 1. The number of aromatic amines is 1. The van der Waals surface area contributed by atoms with Crippen LogP contribution in [0.3, 0.4) is 0 Å². The van der Waals surface area contributed by atoms with Crippen LogP contribution < -0.4 is 0 Å². The lowest BCUT2D eigenvalue weighted by Gasteiger charge is -1.99. The average Bonchev–Trinajstić information content (AvgIpc) is 2.55. The topological polar surface area (TPSA) is 66.0 Å². The maximum absolute atomic E-state index is 10.7. The minimum atomic E-state index is -1.01. The first-order chi connectivity index (χ1) is 7.08. The molecule has 0 saturated carbocycles. The Morgan fingerprint density at radius 2 is 2.27 bits per heavy atom. The summed E-state index contributed by atoms with van der Waals surface area (Å²) in [5, 5.41) is 8.79. The Hall–Kier alpha value is -2.10. The fourth-order valence-electron chi connectivity index (χ4n) is 1.45. The van der Waals surface area contributed by atoms with Crippen molar-refractivity contribution in [3.8, 4) is 0 Å². The Bertz CT molecular complexity index is 555. The molecule has 1 heterocycles. The van der Waals surface area contributed by atoms with Gasteiger partial charge in [-0.15, -0.1) is 0 Å². The normalized spacial score (nSPS) is 10.5. The smallest absolute Gasteiger partial charge is 0.335 e. The highest BCUT2D eigenvalue weighted by atomic mass is 16.4. The summed E-state index contributed by atoms with van der Waals surface area (Å²) < 4.78 is 0. The van der Waals surface area contributed by atoms with Crippen molar-refractivity contribution in [2.75, 3.05) is 0 Å². The lowest BCUT2D eigenvalue weighted by atomic mass is 10.1. The number of hydrogen-bond donors (Lipinski definition) is 2. The third kappa shape index (κ3) is 1.61. The lowest BCUT2D eigenvalue weighted by Crippen LogP contribution is -1.97. The predicted molar refractivity (Wildman–Crippen MR) is 57.5 cm³/mol. The predicted octanol–water partition coefficient (Wildman–Crippen LogP) is 1.97. The highest BCUT2D eigenvalue weighted by Gasteiger charge is 2.08. The number of carboxylic acids is 1. The molecule has 0 amide bonds. The van der Waals surface area contributed by atoms with Crippen molar-refractivity contribution in [1.29, 1.82) is 0 Å². The Balaban J connectivity index is 2.55. The van der Waals surface area contributed by atoms with Crippen molar-refractivity contribution in [1.82, 2.24) is 9.97 Å². The van der Waals surface area contributed by atoms with Crippen LogP contribution in [-0.2, 0) is 4.79 Å². The van der Waals surface area contributed by atoms with E-state index in [2.05, 4.69) is 16.5 Å². The molecule has 4 nitrogen and oxygen atoms in total. The van der Waals surface area contributed by atoms with E-state index in [1.165, 1.54) is 0 Å². The van der Waals surface area contributed by atoms with Gasteiger partial charge in [0.15, 0.2) is 0 Å². The summed E-state index contributed by atoms with van der Waals surface area (Å²) in [6.45, 7) is 5.36. The van der Waals surface area contributed by atoms with Crippen LogP contribution in [0.5, 0.6) is 0 Å². The summed E-state index contributed by atoms with van der Waals surface area (Å²) in [7, 11) is 0. The van der Waals surface area contributed by atoms with Crippen molar-refractivity contribution >= 4 is 22.6 Å². The van der Waals surface area contributed by atoms with Gasteiger partial charge in [-0.3, -0.25) is 0 Å². The van der Waals surface area contributed by atoms with Gasteiger partial charge in [-0.1, -0.05) is 12.6 Å². The first kappa shape index (κ1) is 9.45. The van der Waals surface area contributed by atoms with Crippen LogP contribution >= 0.6 is 0 Å². The molecule has 0 aliphatic rings. The van der Waals surface area contributed by atoms with Gasteiger partial charge in [0.1, 0.15) is 5.82 Å². The second kappa shape index (κ2) is 3.24. The number of H-pyrrole nitrogens is 1. The minimum Gasteiger partial charge on any atom is -0.478 e. The zero-order valence-electron chi connectivity index (χ0n) is 8.24. The molecule has 0 aliphatic heterocycles. The average molecular weight is 202 g/mol. The second-order valence-corrected chi connectivity index (χ2v) is 3.34. The summed E-state index contributed by atoms with van der Waals surface area (Å²) >= 11 is 0. The summed E-state index contributed by atoms with van der Waals surface area (Å²) in [5.74, 6) is -0.200. The third-order valence-electron chi connectivity index (χ3n) is 2.21. The maximum atomic E-state index is 10.7. The number of aromatic nitrogens is 2. The van der Waals surface area contributed by atoms with Crippen molar-refractivity contribution in [3.05, 3.63) is 36.2 Å². The zero-order chi connectivity index (χ0) is 11.0. The van der Waals surface area contributed by atoms with Crippen molar-refractivity contribution in [3.63, 3.8) is 0 Å². The number of aliphatic carboxylic acids is 1. The van der Waals surface area contributed by atoms with Gasteiger partial charge in [0.05, 0.1) is 16.6 Å². The molecule has 0 aliphatic carbocycles. The molecular weight excluding hydrogens is 192 g/mol. The van der Waals surface area contributed by atoms with E-state index in [0.29, 0.717) is 5.56 Å². The monoisotopic (exact) mass is 202 g/mol. The van der Waals surface area contributed by atoms with Crippen molar-refractivity contribution < 1.29 is 9.90 Å². The molecule has 2 rings (SSSR count). The third-order valence-corrected chi connectivity index (χ3v) is 2.21. The Kier molecular flexibility index (Phi) is 2.04. The summed E-state index contributed by atoms with van der Waals surface area (Å²) in [5.41, 5.74) is 2.34. The van der Waals surface area contributed by atoms with Crippen LogP contribution in [0.1, 0.15) is 11.4 Å². The number of carboxylic acid groups (broad SMARTS) is 1. The number of hydrogen-bond acceptors (Lipinski definition) is 2. The standard InChI is InChI=1S/C11H10N2O2/c1-6(11(14)15)8-3-4-9-10(5-8)13-7(2)12-9/h3-5H,1H2,2H3,(H,12,13)(H,14,15). The highest BCUT2D eigenvalue weighted by Crippen LogP contribution is 2.18. The molecule has 0 radical (unpaired) electrons. The molecule has 1 aromatic heterocycles. The number of imidazole rings is 1. The van der Waals surface area contributed by atoms with Gasteiger partial charge in [0.2, 0.25) is 0 Å². The minimum absolute atomic E-state index is 0.0872. The largest absolute Gasteiger partial charge is 0.478 e. The number of nitrogens with one attached hydrogen (secondary N) is 1. The van der Waals surface area contributed by atoms with Gasteiger partial charge in [0.25, 0.3) is 0 Å².